The van der Waals surface area contributed by atoms with Gasteiger partial charge in [-0.1, -0.05) is 44.2 Å². The van der Waals surface area contributed by atoms with Crippen LogP contribution < -0.4 is 16.0 Å². The Morgan fingerprint density at radius 3 is 2.43 bits per heavy atom. The Morgan fingerprint density at radius 2 is 1.86 bits per heavy atom. The second kappa shape index (κ2) is 7.22. The molecule has 21 heavy (non-hydrogen) atoms. The standard InChI is InChI=1S/C16H23N3O2/c1-11(2)15(12-6-4-3-5-7-12)17-10-14(20)19-16(21)18-13-8-9-13/h3-7,11,13,15,17H,8-10H2,1-2H3,(H2,18,19,20,21)/t15-/m1/s1. The van der Waals surface area contributed by atoms with Gasteiger partial charge in [0.05, 0.1) is 6.54 Å². The van der Waals surface area contributed by atoms with Crippen LogP contribution in [-0.4, -0.2) is 24.5 Å². The van der Waals surface area contributed by atoms with Crippen molar-refractivity contribution in [3.05, 3.63) is 35.9 Å². The minimum atomic E-state index is -0.398. The molecule has 5 heteroatoms. The van der Waals surface area contributed by atoms with E-state index in [9.17, 15) is 9.59 Å². The molecule has 1 atom stereocenters. The molecule has 1 saturated carbocycles. The first-order valence-electron chi connectivity index (χ1n) is 7.45. The number of nitrogens with one attached hydrogen (secondary N) is 3. The first-order chi connectivity index (χ1) is 10.1. The molecule has 1 aliphatic rings. The van der Waals surface area contributed by atoms with Gasteiger partial charge in [-0.2, -0.15) is 0 Å². The lowest BCUT2D eigenvalue weighted by Gasteiger charge is -2.22. The summed E-state index contributed by atoms with van der Waals surface area (Å²) in [5, 5.41) is 8.29. The van der Waals surface area contributed by atoms with Gasteiger partial charge in [0.1, 0.15) is 0 Å². The second-order valence-corrected chi connectivity index (χ2v) is 5.81. The van der Waals surface area contributed by atoms with E-state index in [0.29, 0.717) is 5.92 Å². The molecule has 0 bridgehead atoms. The van der Waals surface area contributed by atoms with Crippen LogP contribution in [0.2, 0.25) is 0 Å². The molecular formula is C16H23N3O2. The molecule has 1 fully saturated rings. The zero-order chi connectivity index (χ0) is 15.2. The average Bonchev–Trinajstić information content (AvgIpc) is 3.23. The van der Waals surface area contributed by atoms with E-state index >= 15 is 0 Å². The average molecular weight is 289 g/mol. The van der Waals surface area contributed by atoms with E-state index in [2.05, 4.69) is 29.8 Å². The minimum absolute atomic E-state index is 0.0865. The Morgan fingerprint density at radius 1 is 1.19 bits per heavy atom. The van der Waals surface area contributed by atoms with Gasteiger partial charge >= 0.3 is 6.03 Å². The van der Waals surface area contributed by atoms with Crippen molar-refractivity contribution < 1.29 is 9.59 Å². The molecule has 1 aliphatic carbocycles. The maximum absolute atomic E-state index is 11.8. The molecule has 1 aromatic carbocycles. The van der Waals surface area contributed by atoms with Crippen molar-refractivity contribution in [3.63, 3.8) is 0 Å². The molecule has 0 unspecified atom stereocenters. The lowest BCUT2D eigenvalue weighted by molar-refractivity contribution is -0.119. The van der Waals surface area contributed by atoms with Crippen LogP contribution in [0.15, 0.2) is 30.3 Å². The van der Waals surface area contributed by atoms with Crippen LogP contribution in [0.1, 0.15) is 38.3 Å². The van der Waals surface area contributed by atoms with Crippen molar-refractivity contribution in [2.75, 3.05) is 6.54 Å². The number of benzene rings is 1. The quantitative estimate of drug-likeness (QED) is 0.750. The zero-order valence-electron chi connectivity index (χ0n) is 12.6. The van der Waals surface area contributed by atoms with Gasteiger partial charge in [-0.3, -0.25) is 10.1 Å². The number of imide groups is 1. The summed E-state index contributed by atoms with van der Waals surface area (Å²) in [4.78, 5) is 23.3. The molecule has 3 N–H and O–H groups in total. The fraction of sp³-hybridized carbons (Fsp3) is 0.500. The first kappa shape index (κ1) is 15.5. The van der Waals surface area contributed by atoms with Gasteiger partial charge in [-0.15, -0.1) is 0 Å². The van der Waals surface area contributed by atoms with Crippen molar-refractivity contribution in [1.82, 2.24) is 16.0 Å². The third kappa shape index (κ3) is 5.19. The SMILES string of the molecule is CC(C)[C@@H](NCC(=O)NC(=O)NC1CC1)c1ccccc1. The number of carbonyl (C=O) groups is 2. The van der Waals surface area contributed by atoms with Gasteiger partial charge in [0, 0.05) is 12.1 Å². The highest BCUT2D eigenvalue weighted by Crippen LogP contribution is 2.21. The van der Waals surface area contributed by atoms with Crippen LogP contribution >= 0.6 is 0 Å². The van der Waals surface area contributed by atoms with Gasteiger partial charge in [0.15, 0.2) is 0 Å². The molecule has 0 aliphatic heterocycles. The summed E-state index contributed by atoms with van der Waals surface area (Å²) < 4.78 is 0. The molecule has 0 spiro atoms. The lowest BCUT2D eigenvalue weighted by atomic mass is 9.96. The Hall–Kier alpha value is -1.88. The maximum Gasteiger partial charge on any atom is 0.321 e. The summed E-state index contributed by atoms with van der Waals surface area (Å²) in [6, 6.07) is 9.94. The summed E-state index contributed by atoms with van der Waals surface area (Å²) in [6.45, 7) is 4.32. The van der Waals surface area contributed by atoms with Crippen LogP contribution in [0.5, 0.6) is 0 Å². The molecule has 0 aromatic heterocycles. The first-order valence-corrected chi connectivity index (χ1v) is 7.45. The number of carbonyl (C=O) groups excluding carboxylic acids is 2. The van der Waals surface area contributed by atoms with Crippen molar-refractivity contribution in [2.24, 2.45) is 5.92 Å². The predicted molar refractivity (Wildman–Crippen MR) is 81.7 cm³/mol. The number of rotatable bonds is 6. The third-order valence-corrected chi connectivity index (χ3v) is 3.47. The van der Waals surface area contributed by atoms with E-state index in [4.69, 9.17) is 0 Å². The molecule has 1 aromatic rings. The van der Waals surface area contributed by atoms with Crippen LogP contribution in [-0.2, 0) is 4.79 Å². The fourth-order valence-corrected chi connectivity index (χ4v) is 2.22. The Labute approximate surface area is 125 Å². The molecule has 5 nitrogen and oxygen atoms in total. The van der Waals surface area contributed by atoms with E-state index in [1.54, 1.807) is 0 Å². The van der Waals surface area contributed by atoms with E-state index in [1.807, 2.05) is 30.3 Å². The predicted octanol–water partition coefficient (Wildman–Crippen LogP) is 1.96. The van der Waals surface area contributed by atoms with Gasteiger partial charge in [-0.05, 0) is 24.3 Å². The summed E-state index contributed by atoms with van der Waals surface area (Å²) in [5.74, 6) is 0.0372. The topological polar surface area (TPSA) is 70.2 Å². The number of amides is 3. The number of hydrogen-bond donors (Lipinski definition) is 3. The van der Waals surface area contributed by atoms with Crippen LogP contribution in [0.4, 0.5) is 4.79 Å². The molecule has 0 heterocycles. The Bertz CT molecular complexity index is 484. The van der Waals surface area contributed by atoms with E-state index in [0.717, 1.165) is 18.4 Å². The van der Waals surface area contributed by atoms with E-state index < -0.39 is 6.03 Å². The molecule has 3 amide bonds. The van der Waals surface area contributed by atoms with Gasteiger partial charge in [0.2, 0.25) is 5.91 Å². The maximum atomic E-state index is 11.8. The highest BCUT2D eigenvalue weighted by atomic mass is 16.2. The Kier molecular flexibility index (Phi) is 5.33. The van der Waals surface area contributed by atoms with E-state index in [1.165, 1.54) is 0 Å². The minimum Gasteiger partial charge on any atom is -0.335 e. The monoisotopic (exact) mass is 289 g/mol. The molecule has 2 rings (SSSR count). The summed E-state index contributed by atoms with van der Waals surface area (Å²) in [7, 11) is 0. The Balaban J connectivity index is 1.81. The van der Waals surface area contributed by atoms with Crippen molar-refractivity contribution in [1.29, 1.82) is 0 Å². The second-order valence-electron chi connectivity index (χ2n) is 5.81. The number of hydrogen-bond acceptors (Lipinski definition) is 3. The fourth-order valence-electron chi connectivity index (χ4n) is 2.22. The largest absolute Gasteiger partial charge is 0.335 e. The van der Waals surface area contributed by atoms with Gasteiger partial charge in [-0.25, -0.2) is 4.79 Å². The van der Waals surface area contributed by atoms with Crippen molar-refractivity contribution in [2.45, 2.75) is 38.8 Å². The van der Waals surface area contributed by atoms with Crippen LogP contribution in [0, 0.1) is 5.92 Å². The lowest BCUT2D eigenvalue weighted by Crippen LogP contribution is -2.45. The molecular weight excluding hydrogens is 266 g/mol. The highest BCUT2D eigenvalue weighted by Gasteiger charge is 2.24. The zero-order valence-corrected chi connectivity index (χ0v) is 12.6. The molecule has 0 radical (unpaired) electrons. The molecule has 114 valence electrons. The third-order valence-electron chi connectivity index (χ3n) is 3.47. The summed E-state index contributed by atoms with van der Waals surface area (Å²) in [6.07, 6.45) is 2.01. The highest BCUT2D eigenvalue weighted by molar-refractivity contribution is 5.95. The van der Waals surface area contributed by atoms with Crippen LogP contribution in [0.3, 0.4) is 0 Å². The molecule has 0 saturated heterocycles. The van der Waals surface area contributed by atoms with Crippen LogP contribution in [0.25, 0.3) is 0 Å². The normalized spacial score (nSPS) is 15.6. The number of urea groups is 1. The smallest absolute Gasteiger partial charge is 0.321 e. The van der Waals surface area contributed by atoms with Gasteiger partial charge < -0.3 is 10.6 Å². The summed E-state index contributed by atoms with van der Waals surface area (Å²) >= 11 is 0. The van der Waals surface area contributed by atoms with E-state index in [-0.39, 0.29) is 24.5 Å². The van der Waals surface area contributed by atoms with Crippen molar-refractivity contribution >= 4 is 11.9 Å². The van der Waals surface area contributed by atoms with Gasteiger partial charge in [0.25, 0.3) is 0 Å². The summed E-state index contributed by atoms with van der Waals surface area (Å²) in [5.41, 5.74) is 1.14. The van der Waals surface area contributed by atoms with Crippen molar-refractivity contribution in [3.8, 4) is 0 Å².